The molecule has 2 rings (SSSR count). The van der Waals surface area contributed by atoms with E-state index in [0.717, 1.165) is 22.3 Å². The maximum absolute atomic E-state index is 13.4. The van der Waals surface area contributed by atoms with E-state index in [2.05, 4.69) is 20.9 Å². The second-order valence-corrected chi connectivity index (χ2v) is 7.09. The summed E-state index contributed by atoms with van der Waals surface area (Å²) in [7, 11) is 0. The fourth-order valence-corrected chi connectivity index (χ4v) is 3.34. The third kappa shape index (κ3) is 4.99. The second-order valence-electron chi connectivity index (χ2n) is 5.06. The van der Waals surface area contributed by atoms with Crippen LogP contribution in [0.2, 0.25) is 0 Å². The molecule has 0 saturated heterocycles. The molecular formula is C16H13BrF3N3OS. The third-order valence-corrected chi connectivity index (χ3v) is 4.73. The first-order valence-corrected chi connectivity index (χ1v) is 8.48. The molecule has 2 aromatic carbocycles. The molecule has 0 aliphatic heterocycles. The van der Waals surface area contributed by atoms with Crippen LogP contribution in [0.4, 0.5) is 13.2 Å². The predicted octanol–water partition coefficient (Wildman–Crippen LogP) is 4.34. The van der Waals surface area contributed by atoms with Gasteiger partial charge in [-0.15, -0.1) is 0 Å². The molecule has 1 amide bonds. The van der Waals surface area contributed by atoms with E-state index in [0.29, 0.717) is 10.5 Å². The van der Waals surface area contributed by atoms with Gasteiger partial charge in [0.25, 0.3) is 5.91 Å². The van der Waals surface area contributed by atoms with Crippen molar-refractivity contribution in [2.75, 3.05) is 0 Å². The number of amides is 1. The van der Waals surface area contributed by atoms with Crippen LogP contribution in [0.3, 0.4) is 0 Å². The van der Waals surface area contributed by atoms with Crippen molar-refractivity contribution in [2.24, 2.45) is 16.5 Å². The Morgan fingerprint density at radius 1 is 1.16 bits per heavy atom. The molecule has 0 unspecified atom stereocenters. The summed E-state index contributed by atoms with van der Waals surface area (Å²) in [5.41, 5.74) is 9.49. The van der Waals surface area contributed by atoms with Gasteiger partial charge < -0.3 is 11.5 Å². The summed E-state index contributed by atoms with van der Waals surface area (Å²) in [5.74, 6) is -1.42. The van der Waals surface area contributed by atoms with Gasteiger partial charge in [-0.2, -0.15) is 18.2 Å². The van der Waals surface area contributed by atoms with Crippen molar-refractivity contribution in [3.63, 3.8) is 0 Å². The van der Waals surface area contributed by atoms with Crippen LogP contribution in [-0.2, 0) is 6.18 Å². The van der Waals surface area contributed by atoms with Crippen molar-refractivity contribution in [1.82, 2.24) is 0 Å². The Bertz CT molecular complexity index is 832. The Morgan fingerprint density at radius 2 is 1.76 bits per heavy atom. The largest absolute Gasteiger partial charge is 0.417 e. The van der Waals surface area contributed by atoms with Crippen molar-refractivity contribution in [1.29, 1.82) is 0 Å². The summed E-state index contributed by atoms with van der Waals surface area (Å²) in [6, 6.07) is 8.96. The van der Waals surface area contributed by atoms with Crippen LogP contribution < -0.4 is 11.5 Å². The van der Waals surface area contributed by atoms with Gasteiger partial charge in [0, 0.05) is 19.8 Å². The lowest BCUT2D eigenvalue weighted by atomic mass is 10.0. The van der Waals surface area contributed by atoms with Crippen LogP contribution in [0, 0.1) is 6.92 Å². The third-order valence-electron chi connectivity index (χ3n) is 3.13. The van der Waals surface area contributed by atoms with Gasteiger partial charge >= 0.3 is 6.18 Å². The summed E-state index contributed by atoms with van der Waals surface area (Å²) in [5, 5.41) is 0. The maximum Gasteiger partial charge on any atom is 0.417 e. The van der Waals surface area contributed by atoms with E-state index in [9.17, 15) is 18.0 Å². The number of guanidine groups is 1. The molecule has 9 heteroatoms. The Morgan fingerprint density at radius 3 is 2.28 bits per heavy atom. The average molecular weight is 432 g/mol. The zero-order chi connectivity index (χ0) is 18.8. The highest BCUT2D eigenvalue weighted by Crippen LogP contribution is 2.41. The number of carbonyl (C=O) groups excluding carboxylic acids is 1. The fraction of sp³-hybridized carbons (Fsp3) is 0.125. The highest BCUT2D eigenvalue weighted by Gasteiger charge is 2.35. The molecule has 0 radical (unpaired) electrons. The molecule has 0 aromatic heterocycles. The number of hydrogen-bond donors (Lipinski definition) is 2. The summed E-state index contributed by atoms with van der Waals surface area (Å²) in [6.07, 6.45) is -4.63. The molecule has 4 N–H and O–H groups in total. The normalized spacial score (nSPS) is 11.2. The SMILES string of the molecule is Cc1cc(Sc2ccc(Br)cc2)c(C(F)(F)F)cc1C(=O)N=C(N)N. The number of halogens is 4. The maximum atomic E-state index is 13.4. The first-order chi connectivity index (χ1) is 11.6. The quantitative estimate of drug-likeness (QED) is 0.559. The van der Waals surface area contributed by atoms with E-state index in [1.165, 1.54) is 13.0 Å². The fourth-order valence-electron chi connectivity index (χ4n) is 2.02. The van der Waals surface area contributed by atoms with Gasteiger partial charge in [0.1, 0.15) is 0 Å². The predicted molar refractivity (Wildman–Crippen MR) is 94.6 cm³/mol. The van der Waals surface area contributed by atoms with Crippen LogP contribution in [0.15, 0.2) is 55.7 Å². The van der Waals surface area contributed by atoms with Crippen molar-refractivity contribution in [2.45, 2.75) is 22.9 Å². The molecule has 4 nitrogen and oxygen atoms in total. The number of carbonyl (C=O) groups is 1. The Kier molecular flexibility index (Phi) is 5.79. The highest BCUT2D eigenvalue weighted by molar-refractivity contribution is 9.10. The molecule has 0 bridgehead atoms. The number of aliphatic imine (C=N–C) groups is 1. The lowest BCUT2D eigenvalue weighted by Gasteiger charge is -2.15. The lowest BCUT2D eigenvalue weighted by Crippen LogP contribution is -2.24. The van der Waals surface area contributed by atoms with E-state index in [1.807, 2.05) is 0 Å². The number of hydrogen-bond acceptors (Lipinski definition) is 2. The summed E-state index contributed by atoms with van der Waals surface area (Å²) >= 11 is 4.24. The summed E-state index contributed by atoms with van der Waals surface area (Å²) in [4.78, 5) is 15.9. The molecule has 0 saturated carbocycles. The molecule has 0 aliphatic rings. The van der Waals surface area contributed by atoms with Crippen LogP contribution in [-0.4, -0.2) is 11.9 Å². The van der Waals surface area contributed by atoms with Gasteiger partial charge in [0.05, 0.1) is 5.56 Å². The van der Waals surface area contributed by atoms with Crippen molar-refractivity contribution in [3.05, 3.63) is 57.6 Å². The van der Waals surface area contributed by atoms with E-state index in [4.69, 9.17) is 11.5 Å². The molecule has 0 spiro atoms. The number of nitrogens with zero attached hydrogens (tertiary/aromatic N) is 1. The zero-order valence-electron chi connectivity index (χ0n) is 12.9. The molecule has 0 atom stereocenters. The van der Waals surface area contributed by atoms with Crippen LogP contribution in [0.25, 0.3) is 0 Å². The number of benzene rings is 2. The van der Waals surface area contributed by atoms with E-state index < -0.39 is 23.6 Å². The number of aryl methyl sites for hydroxylation is 1. The van der Waals surface area contributed by atoms with Gasteiger partial charge in [-0.25, -0.2) is 0 Å². The molecular weight excluding hydrogens is 419 g/mol. The van der Waals surface area contributed by atoms with Crippen LogP contribution in [0.1, 0.15) is 21.5 Å². The zero-order valence-corrected chi connectivity index (χ0v) is 15.3. The average Bonchev–Trinajstić information content (AvgIpc) is 2.47. The molecule has 0 aliphatic carbocycles. The minimum atomic E-state index is -4.63. The number of alkyl halides is 3. The smallest absolute Gasteiger partial charge is 0.370 e. The topological polar surface area (TPSA) is 81.5 Å². The Labute approximate surface area is 154 Å². The van der Waals surface area contributed by atoms with Gasteiger partial charge in [-0.1, -0.05) is 27.7 Å². The molecule has 25 heavy (non-hydrogen) atoms. The molecule has 0 fully saturated rings. The first-order valence-electron chi connectivity index (χ1n) is 6.87. The van der Waals surface area contributed by atoms with E-state index in [1.54, 1.807) is 24.3 Å². The van der Waals surface area contributed by atoms with Crippen molar-refractivity contribution in [3.8, 4) is 0 Å². The van der Waals surface area contributed by atoms with Crippen molar-refractivity contribution < 1.29 is 18.0 Å². The lowest BCUT2D eigenvalue weighted by molar-refractivity contribution is -0.139. The Hall–Kier alpha value is -2.00. The molecule has 0 heterocycles. The monoisotopic (exact) mass is 431 g/mol. The highest BCUT2D eigenvalue weighted by atomic mass is 79.9. The van der Waals surface area contributed by atoms with Gasteiger partial charge in [-0.05, 0) is 48.9 Å². The van der Waals surface area contributed by atoms with Gasteiger partial charge in [0.2, 0.25) is 0 Å². The number of nitrogens with two attached hydrogens (primary N) is 2. The molecule has 132 valence electrons. The standard InChI is InChI=1S/C16H13BrF3N3OS/c1-8-6-13(25-10-4-2-9(17)3-5-10)12(16(18,19)20)7-11(8)14(24)23-15(21)22/h2-7H,1H3,(H4,21,22,23,24). The minimum absolute atomic E-state index is 0.00595. The molecule has 2 aromatic rings. The first kappa shape index (κ1) is 19.3. The van der Waals surface area contributed by atoms with Crippen molar-refractivity contribution >= 4 is 39.6 Å². The van der Waals surface area contributed by atoms with Crippen LogP contribution in [0.5, 0.6) is 0 Å². The minimum Gasteiger partial charge on any atom is -0.370 e. The Balaban J connectivity index is 2.53. The van der Waals surface area contributed by atoms with Crippen LogP contribution >= 0.6 is 27.7 Å². The second kappa shape index (κ2) is 7.49. The van der Waals surface area contributed by atoms with E-state index in [-0.39, 0.29) is 10.5 Å². The van der Waals surface area contributed by atoms with Gasteiger partial charge in [-0.3, -0.25) is 4.79 Å². The van der Waals surface area contributed by atoms with E-state index >= 15 is 0 Å². The summed E-state index contributed by atoms with van der Waals surface area (Å²) < 4.78 is 41.1. The summed E-state index contributed by atoms with van der Waals surface area (Å²) in [6.45, 7) is 1.53. The van der Waals surface area contributed by atoms with Gasteiger partial charge in [0.15, 0.2) is 5.96 Å². The number of rotatable bonds is 3.